The number of amides is 2. The minimum Gasteiger partial charge on any atom is -0.454 e. The van der Waals surface area contributed by atoms with E-state index in [1.54, 1.807) is 37.4 Å². The van der Waals surface area contributed by atoms with E-state index in [0.29, 0.717) is 28.6 Å². The summed E-state index contributed by atoms with van der Waals surface area (Å²) in [5.74, 6) is 0.586. The molecule has 0 aromatic heterocycles. The first-order valence-electron chi connectivity index (χ1n) is 7.69. The Labute approximate surface area is 150 Å². The van der Waals surface area contributed by atoms with E-state index < -0.39 is 0 Å². The molecule has 25 heavy (non-hydrogen) atoms. The summed E-state index contributed by atoms with van der Waals surface area (Å²) in [6.07, 6.45) is 0. The zero-order chi connectivity index (χ0) is 17.8. The molecule has 0 aliphatic carbocycles. The van der Waals surface area contributed by atoms with E-state index >= 15 is 0 Å². The first kappa shape index (κ1) is 17.1. The van der Waals surface area contributed by atoms with E-state index in [4.69, 9.17) is 21.1 Å². The highest BCUT2D eigenvalue weighted by atomic mass is 35.5. The molecule has 7 heteroatoms. The SMILES string of the molecule is CN(Cc1cccc(Cl)c1)C(=O)CNC(=O)c1ccc2c(c1)OCO2. The van der Waals surface area contributed by atoms with Gasteiger partial charge in [0.2, 0.25) is 12.7 Å². The van der Waals surface area contributed by atoms with Crippen LogP contribution in [0.5, 0.6) is 11.5 Å². The molecule has 0 atom stereocenters. The summed E-state index contributed by atoms with van der Waals surface area (Å²) in [4.78, 5) is 25.9. The predicted octanol–water partition coefficient (Wildman–Crippen LogP) is 2.46. The van der Waals surface area contributed by atoms with Crippen LogP contribution in [0.4, 0.5) is 0 Å². The van der Waals surface area contributed by atoms with E-state index in [9.17, 15) is 9.59 Å². The lowest BCUT2D eigenvalue weighted by Gasteiger charge is -2.17. The summed E-state index contributed by atoms with van der Waals surface area (Å²) >= 11 is 5.94. The third kappa shape index (κ3) is 4.22. The topological polar surface area (TPSA) is 67.9 Å². The number of rotatable bonds is 5. The Bertz CT molecular complexity index is 809. The number of fused-ring (bicyclic) bond motifs is 1. The lowest BCUT2D eigenvalue weighted by Crippen LogP contribution is -2.37. The predicted molar refractivity (Wildman–Crippen MR) is 92.8 cm³/mol. The van der Waals surface area contributed by atoms with Gasteiger partial charge in [-0.25, -0.2) is 0 Å². The van der Waals surface area contributed by atoms with Gasteiger partial charge in [0.15, 0.2) is 11.5 Å². The van der Waals surface area contributed by atoms with Gasteiger partial charge in [-0.3, -0.25) is 9.59 Å². The van der Waals surface area contributed by atoms with Crippen molar-refractivity contribution in [2.75, 3.05) is 20.4 Å². The highest BCUT2D eigenvalue weighted by Crippen LogP contribution is 2.32. The zero-order valence-corrected chi connectivity index (χ0v) is 14.4. The second-order valence-corrected chi connectivity index (χ2v) is 6.07. The molecule has 0 fully saturated rings. The van der Waals surface area contributed by atoms with Gasteiger partial charge in [0.25, 0.3) is 5.91 Å². The molecule has 0 saturated heterocycles. The first-order chi connectivity index (χ1) is 12.0. The van der Waals surface area contributed by atoms with Gasteiger partial charge in [-0.1, -0.05) is 23.7 Å². The van der Waals surface area contributed by atoms with E-state index in [1.165, 1.54) is 4.90 Å². The normalized spacial score (nSPS) is 11.9. The minimum atomic E-state index is -0.345. The Balaban J connectivity index is 1.53. The third-order valence-corrected chi connectivity index (χ3v) is 4.00. The Kier molecular flexibility index (Phi) is 5.09. The summed E-state index contributed by atoms with van der Waals surface area (Å²) in [5.41, 5.74) is 1.33. The van der Waals surface area contributed by atoms with Crippen molar-refractivity contribution in [3.05, 3.63) is 58.6 Å². The van der Waals surface area contributed by atoms with E-state index in [0.717, 1.165) is 5.56 Å². The maximum atomic E-state index is 12.2. The molecule has 6 nitrogen and oxygen atoms in total. The van der Waals surface area contributed by atoms with Crippen LogP contribution < -0.4 is 14.8 Å². The second kappa shape index (κ2) is 7.44. The van der Waals surface area contributed by atoms with Crippen molar-refractivity contribution in [3.63, 3.8) is 0 Å². The van der Waals surface area contributed by atoms with Crippen molar-refractivity contribution in [2.24, 2.45) is 0 Å². The number of benzene rings is 2. The van der Waals surface area contributed by atoms with Crippen LogP contribution in [0.3, 0.4) is 0 Å². The Hall–Kier alpha value is -2.73. The summed E-state index contributed by atoms with van der Waals surface area (Å²) < 4.78 is 10.4. The number of halogens is 1. The molecule has 3 rings (SSSR count). The van der Waals surface area contributed by atoms with Gasteiger partial charge < -0.3 is 19.7 Å². The zero-order valence-electron chi connectivity index (χ0n) is 13.6. The molecule has 0 unspecified atom stereocenters. The molecule has 1 heterocycles. The lowest BCUT2D eigenvalue weighted by molar-refractivity contribution is -0.129. The summed E-state index contributed by atoms with van der Waals surface area (Å²) in [6, 6.07) is 12.2. The molecule has 1 aliphatic heterocycles. The van der Waals surface area contributed by atoms with Crippen molar-refractivity contribution in [2.45, 2.75) is 6.54 Å². The Morgan fingerprint density at radius 2 is 1.96 bits per heavy atom. The molecule has 0 saturated carbocycles. The number of nitrogens with zero attached hydrogens (tertiary/aromatic N) is 1. The highest BCUT2D eigenvalue weighted by molar-refractivity contribution is 6.30. The average molecular weight is 361 g/mol. The van der Waals surface area contributed by atoms with Crippen molar-refractivity contribution in [1.29, 1.82) is 0 Å². The minimum absolute atomic E-state index is 0.0929. The van der Waals surface area contributed by atoms with Gasteiger partial charge >= 0.3 is 0 Å². The van der Waals surface area contributed by atoms with Crippen LogP contribution in [-0.4, -0.2) is 37.1 Å². The fourth-order valence-corrected chi connectivity index (χ4v) is 2.64. The quantitative estimate of drug-likeness (QED) is 0.889. The maximum Gasteiger partial charge on any atom is 0.251 e. The third-order valence-electron chi connectivity index (χ3n) is 3.77. The molecule has 130 valence electrons. The molecular formula is C18H17ClN2O4. The number of hydrogen-bond acceptors (Lipinski definition) is 4. The van der Waals surface area contributed by atoms with Gasteiger partial charge in [-0.2, -0.15) is 0 Å². The second-order valence-electron chi connectivity index (χ2n) is 5.63. The Morgan fingerprint density at radius 1 is 1.16 bits per heavy atom. The fraction of sp³-hybridized carbons (Fsp3) is 0.222. The van der Waals surface area contributed by atoms with Gasteiger partial charge in [-0.15, -0.1) is 0 Å². The van der Waals surface area contributed by atoms with Crippen molar-refractivity contribution >= 4 is 23.4 Å². The number of hydrogen-bond donors (Lipinski definition) is 1. The van der Waals surface area contributed by atoms with Gasteiger partial charge in [-0.05, 0) is 35.9 Å². The van der Waals surface area contributed by atoms with Crippen molar-refractivity contribution < 1.29 is 19.1 Å². The van der Waals surface area contributed by atoms with Gasteiger partial charge in [0, 0.05) is 24.2 Å². The average Bonchev–Trinajstić information content (AvgIpc) is 3.07. The summed E-state index contributed by atoms with van der Waals surface area (Å²) in [6.45, 7) is 0.469. The van der Waals surface area contributed by atoms with Crippen LogP contribution in [0, 0.1) is 0 Å². The van der Waals surface area contributed by atoms with Gasteiger partial charge in [0.1, 0.15) is 0 Å². The first-order valence-corrected chi connectivity index (χ1v) is 8.07. The molecule has 2 aromatic carbocycles. The Morgan fingerprint density at radius 3 is 2.76 bits per heavy atom. The van der Waals surface area contributed by atoms with Gasteiger partial charge in [0.05, 0.1) is 6.54 Å². The number of likely N-dealkylation sites (N-methyl/N-ethyl adjacent to an activating group) is 1. The highest BCUT2D eigenvalue weighted by Gasteiger charge is 2.17. The van der Waals surface area contributed by atoms with Crippen LogP contribution >= 0.6 is 11.6 Å². The van der Waals surface area contributed by atoms with E-state index in [-0.39, 0.29) is 25.2 Å². The molecule has 0 bridgehead atoms. The van der Waals surface area contributed by atoms with Crippen LogP contribution in [-0.2, 0) is 11.3 Å². The van der Waals surface area contributed by atoms with Crippen LogP contribution in [0.2, 0.25) is 5.02 Å². The molecule has 2 amide bonds. The smallest absolute Gasteiger partial charge is 0.251 e. The largest absolute Gasteiger partial charge is 0.454 e. The summed E-state index contributed by atoms with van der Waals surface area (Å²) in [7, 11) is 1.68. The van der Waals surface area contributed by atoms with E-state index in [1.807, 2.05) is 12.1 Å². The molecule has 0 spiro atoms. The standard InChI is InChI=1S/C18H17ClN2O4/c1-21(10-12-3-2-4-14(19)7-12)17(22)9-20-18(23)13-5-6-15-16(8-13)25-11-24-15/h2-8H,9-11H2,1H3,(H,20,23). The number of nitrogens with one attached hydrogen (secondary N) is 1. The lowest BCUT2D eigenvalue weighted by atomic mass is 10.2. The molecule has 0 radical (unpaired) electrons. The summed E-state index contributed by atoms with van der Waals surface area (Å²) in [5, 5.41) is 3.24. The maximum absolute atomic E-state index is 12.2. The van der Waals surface area contributed by atoms with Crippen molar-refractivity contribution in [3.8, 4) is 11.5 Å². The number of carbonyl (C=O) groups excluding carboxylic acids is 2. The molecule has 2 aromatic rings. The van der Waals surface area contributed by atoms with E-state index in [2.05, 4.69) is 5.32 Å². The molecule has 1 aliphatic rings. The monoisotopic (exact) mass is 360 g/mol. The van der Waals surface area contributed by atoms with Crippen LogP contribution in [0.15, 0.2) is 42.5 Å². The number of carbonyl (C=O) groups is 2. The van der Waals surface area contributed by atoms with Crippen LogP contribution in [0.1, 0.15) is 15.9 Å². The van der Waals surface area contributed by atoms with Crippen molar-refractivity contribution in [1.82, 2.24) is 10.2 Å². The fourth-order valence-electron chi connectivity index (χ4n) is 2.43. The molecular weight excluding hydrogens is 344 g/mol. The van der Waals surface area contributed by atoms with Crippen LogP contribution in [0.25, 0.3) is 0 Å². The number of ether oxygens (including phenoxy) is 2. The molecule has 1 N–H and O–H groups in total.